The van der Waals surface area contributed by atoms with Gasteiger partial charge in [0.25, 0.3) is 0 Å². The van der Waals surface area contributed by atoms with Crippen molar-refractivity contribution < 1.29 is 9.47 Å². The molecular weight excluding hydrogens is 383 g/mol. The van der Waals surface area contributed by atoms with E-state index in [2.05, 4.69) is 22.1 Å². The van der Waals surface area contributed by atoms with Gasteiger partial charge in [-0.1, -0.05) is 18.2 Å². The van der Waals surface area contributed by atoms with Gasteiger partial charge in [-0.2, -0.15) is 0 Å². The van der Waals surface area contributed by atoms with Gasteiger partial charge in [-0.15, -0.1) is 24.8 Å². The predicted octanol–water partition coefficient (Wildman–Crippen LogP) is 5.23. The molecule has 0 aliphatic rings. The summed E-state index contributed by atoms with van der Waals surface area (Å²) in [6, 6.07) is 14.3. The molecule has 0 saturated carbocycles. The summed E-state index contributed by atoms with van der Waals surface area (Å²) in [5, 5.41) is 3.29. The molecule has 140 valence electrons. The van der Waals surface area contributed by atoms with Crippen LogP contribution >= 0.6 is 24.8 Å². The summed E-state index contributed by atoms with van der Waals surface area (Å²) in [6.07, 6.45) is 6.45. The van der Waals surface area contributed by atoms with Crippen molar-refractivity contribution in [1.82, 2.24) is 9.97 Å². The molecular formula is C21H20Cl2N2O2. The largest absolute Gasteiger partial charge is 0.493 e. The number of aromatic nitrogens is 2. The van der Waals surface area contributed by atoms with E-state index in [1.54, 1.807) is 14.2 Å². The van der Waals surface area contributed by atoms with Crippen LogP contribution in [0.4, 0.5) is 0 Å². The quantitative estimate of drug-likeness (QED) is 0.468. The van der Waals surface area contributed by atoms with Crippen LogP contribution in [-0.4, -0.2) is 24.2 Å². The van der Waals surface area contributed by atoms with Gasteiger partial charge >= 0.3 is 0 Å². The van der Waals surface area contributed by atoms with Gasteiger partial charge in [-0.3, -0.25) is 9.97 Å². The second-order valence-corrected chi connectivity index (χ2v) is 5.94. The molecule has 0 aliphatic heterocycles. The zero-order valence-corrected chi connectivity index (χ0v) is 16.6. The van der Waals surface area contributed by atoms with Gasteiger partial charge in [-0.25, -0.2) is 0 Å². The Hall–Kier alpha value is -2.56. The predicted molar refractivity (Wildman–Crippen MR) is 114 cm³/mol. The fraction of sp³-hybridized carbons (Fsp3) is 0.143. The van der Waals surface area contributed by atoms with Crippen LogP contribution in [-0.2, 0) is 6.42 Å². The van der Waals surface area contributed by atoms with Gasteiger partial charge < -0.3 is 9.47 Å². The lowest BCUT2D eigenvalue weighted by Gasteiger charge is -2.12. The summed E-state index contributed by atoms with van der Waals surface area (Å²) >= 11 is 0. The maximum atomic E-state index is 5.45. The summed E-state index contributed by atoms with van der Waals surface area (Å²) in [4.78, 5) is 8.94. The number of rotatable bonds is 4. The van der Waals surface area contributed by atoms with Crippen molar-refractivity contribution in [3.05, 3.63) is 72.2 Å². The van der Waals surface area contributed by atoms with Crippen LogP contribution in [0.5, 0.6) is 11.5 Å². The first kappa shape index (κ1) is 20.7. The zero-order valence-electron chi connectivity index (χ0n) is 15.0. The number of hydrogen-bond donors (Lipinski definition) is 0. The summed E-state index contributed by atoms with van der Waals surface area (Å²) in [7, 11) is 3.29. The number of halogens is 2. The highest BCUT2D eigenvalue weighted by Crippen LogP contribution is 2.33. The highest BCUT2D eigenvalue weighted by molar-refractivity contribution is 5.88. The average Bonchev–Trinajstić information content (AvgIpc) is 2.67. The molecule has 0 N–H and O–H groups in total. The molecule has 4 rings (SSSR count). The first-order valence-corrected chi connectivity index (χ1v) is 8.11. The summed E-state index contributed by atoms with van der Waals surface area (Å²) in [5.41, 5.74) is 3.30. The molecule has 2 aromatic carbocycles. The van der Waals surface area contributed by atoms with E-state index >= 15 is 0 Å². The van der Waals surface area contributed by atoms with E-state index < -0.39 is 0 Å². The van der Waals surface area contributed by atoms with Crippen molar-refractivity contribution >= 4 is 46.5 Å². The number of para-hydroxylation sites is 1. The molecule has 0 atom stereocenters. The number of fused-ring (bicyclic) bond motifs is 2. The van der Waals surface area contributed by atoms with Gasteiger partial charge in [-0.05, 0) is 40.8 Å². The van der Waals surface area contributed by atoms with E-state index in [9.17, 15) is 0 Å². The Bertz CT molecular complexity index is 1070. The minimum atomic E-state index is 0. The standard InChI is InChI=1S/C21H18N2O2.2ClH/c1-24-20-9-17-13-22-12-16(18(17)10-21(20)25-2)8-14-7-15-5-3-4-6-19(15)23-11-14;;/h3-7,9-13H,8H2,1-2H3;2*1H. The monoisotopic (exact) mass is 402 g/mol. The van der Waals surface area contributed by atoms with Crippen molar-refractivity contribution in [2.24, 2.45) is 0 Å². The molecule has 0 aliphatic carbocycles. The second-order valence-electron chi connectivity index (χ2n) is 5.94. The maximum absolute atomic E-state index is 5.45. The van der Waals surface area contributed by atoms with Gasteiger partial charge in [0.2, 0.25) is 0 Å². The van der Waals surface area contributed by atoms with E-state index in [1.165, 1.54) is 0 Å². The Morgan fingerprint density at radius 1 is 0.815 bits per heavy atom. The third kappa shape index (κ3) is 4.07. The molecule has 0 spiro atoms. The fourth-order valence-electron chi connectivity index (χ4n) is 3.13. The van der Waals surface area contributed by atoms with Crippen LogP contribution in [0, 0.1) is 0 Å². The Morgan fingerprint density at radius 3 is 2.33 bits per heavy atom. The second kappa shape index (κ2) is 8.89. The van der Waals surface area contributed by atoms with Gasteiger partial charge in [0.15, 0.2) is 11.5 Å². The number of ether oxygens (including phenoxy) is 2. The van der Waals surface area contributed by atoms with E-state index in [0.717, 1.165) is 45.0 Å². The molecule has 2 aromatic heterocycles. The van der Waals surface area contributed by atoms with E-state index in [-0.39, 0.29) is 24.8 Å². The molecule has 2 heterocycles. The van der Waals surface area contributed by atoms with Crippen molar-refractivity contribution in [2.75, 3.05) is 14.2 Å². The minimum Gasteiger partial charge on any atom is -0.493 e. The number of pyridine rings is 2. The van der Waals surface area contributed by atoms with Crippen LogP contribution in [0.1, 0.15) is 11.1 Å². The van der Waals surface area contributed by atoms with E-state index in [1.807, 2.05) is 48.9 Å². The van der Waals surface area contributed by atoms with Gasteiger partial charge in [0, 0.05) is 35.8 Å². The third-order valence-electron chi connectivity index (χ3n) is 4.39. The SMILES string of the molecule is COc1cc2cncc(Cc3cnc4ccccc4c3)c2cc1OC.Cl.Cl. The lowest BCUT2D eigenvalue weighted by atomic mass is 10.0. The number of hydrogen-bond acceptors (Lipinski definition) is 4. The number of benzene rings is 2. The molecule has 0 amide bonds. The van der Waals surface area contributed by atoms with Crippen LogP contribution in [0.25, 0.3) is 21.7 Å². The molecule has 0 saturated heterocycles. The molecule has 4 aromatic rings. The number of methoxy groups -OCH3 is 2. The summed E-state index contributed by atoms with van der Waals surface area (Å²) in [6.45, 7) is 0. The number of nitrogens with zero attached hydrogens (tertiary/aromatic N) is 2. The minimum absolute atomic E-state index is 0. The van der Waals surface area contributed by atoms with Crippen molar-refractivity contribution in [2.45, 2.75) is 6.42 Å². The molecule has 6 heteroatoms. The summed E-state index contributed by atoms with van der Waals surface area (Å²) in [5.74, 6) is 1.43. The molecule has 0 radical (unpaired) electrons. The van der Waals surface area contributed by atoms with E-state index in [0.29, 0.717) is 5.75 Å². The molecule has 0 unspecified atom stereocenters. The first-order chi connectivity index (χ1) is 12.3. The van der Waals surface area contributed by atoms with Crippen LogP contribution in [0.15, 0.2) is 61.1 Å². The Morgan fingerprint density at radius 2 is 1.56 bits per heavy atom. The van der Waals surface area contributed by atoms with Crippen molar-refractivity contribution in [1.29, 1.82) is 0 Å². The molecule has 0 fully saturated rings. The lowest BCUT2D eigenvalue weighted by molar-refractivity contribution is 0.356. The first-order valence-electron chi connectivity index (χ1n) is 8.11. The molecule has 0 bridgehead atoms. The maximum Gasteiger partial charge on any atom is 0.161 e. The Balaban J connectivity index is 0.00000131. The highest BCUT2D eigenvalue weighted by atomic mass is 35.5. The smallest absolute Gasteiger partial charge is 0.161 e. The van der Waals surface area contributed by atoms with Gasteiger partial charge in [0.05, 0.1) is 19.7 Å². The van der Waals surface area contributed by atoms with Crippen LogP contribution in [0.3, 0.4) is 0 Å². The average molecular weight is 403 g/mol. The summed E-state index contributed by atoms with van der Waals surface area (Å²) < 4.78 is 10.8. The van der Waals surface area contributed by atoms with Crippen LogP contribution < -0.4 is 9.47 Å². The molecule has 27 heavy (non-hydrogen) atoms. The van der Waals surface area contributed by atoms with Crippen LogP contribution in [0.2, 0.25) is 0 Å². The topological polar surface area (TPSA) is 44.2 Å². The van der Waals surface area contributed by atoms with Crippen molar-refractivity contribution in [3.8, 4) is 11.5 Å². The van der Waals surface area contributed by atoms with Gasteiger partial charge in [0.1, 0.15) is 0 Å². The lowest BCUT2D eigenvalue weighted by Crippen LogP contribution is -1.95. The zero-order chi connectivity index (χ0) is 17.2. The Kier molecular flexibility index (Phi) is 6.83. The highest BCUT2D eigenvalue weighted by Gasteiger charge is 2.10. The Labute approximate surface area is 170 Å². The molecule has 4 nitrogen and oxygen atoms in total. The fourth-order valence-corrected chi connectivity index (χ4v) is 3.13. The normalized spacial score (nSPS) is 10.1. The van der Waals surface area contributed by atoms with Crippen molar-refractivity contribution in [3.63, 3.8) is 0 Å². The third-order valence-corrected chi connectivity index (χ3v) is 4.39. The van der Waals surface area contributed by atoms with E-state index in [4.69, 9.17) is 9.47 Å².